The van der Waals surface area contributed by atoms with Gasteiger partial charge in [-0.2, -0.15) is 4.98 Å². The zero-order valence-corrected chi connectivity index (χ0v) is 11.4. The van der Waals surface area contributed by atoms with Crippen LogP contribution in [0.15, 0.2) is 53.2 Å². The van der Waals surface area contributed by atoms with Crippen LogP contribution in [0.3, 0.4) is 0 Å². The van der Waals surface area contributed by atoms with Gasteiger partial charge in [-0.3, -0.25) is 4.98 Å². The molecule has 104 valence electrons. The molecule has 21 heavy (non-hydrogen) atoms. The second-order valence-corrected chi connectivity index (χ2v) is 5.07. The molecule has 5 heteroatoms. The highest BCUT2D eigenvalue weighted by atomic mass is 16.5. The normalized spacial score (nSPS) is 16.5. The van der Waals surface area contributed by atoms with E-state index >= 15 is 0 Å². The molecule has 1 aliphatic heterocycles. The summed E-state index contributed by atoms with van der Waals surface area (Å²) in [5, 5.41) is 7.44. The van der Waals surface area contributed by atoms with E-state index in [2.05, 4.69) is 32.6 Å². The van der Waals surface area contributed by atoms with E-state index < -0.39 is 0 Å². The topological polar surface area (TPSA) is 63.8 Å². The van der Waals surface area contributed by atoms with E-state index in [0.717, 1.165) is 17.9 Å². The average molecular weight is 278 g/mol. The van der Waals surface area contributed by atoms with Gasteiger partial charge in [0.05, 0.1) is 12.3 Å². The summed E-state index contributed by atoms with van der Waals surface area (Å²) >= 11 is 0. The lowest BCUT2D eigenvalue weighted by atomic mass is 10.0. The Morgan fingerprint density at radius 1 is 1.14 bits per heavy atom. The summed E-state index contributed by atoms with van der Waals surface area (Å²) < 4.78 is 5.45. The maximum Gasteiger partial charge on any atom is 0.236 e. The molecular weight excluding hydrogens is 264 g/mol. The number of para-hydroxylation sites is 1. The predicted molar refractivity (Wildman–Crippen MR) is 78.1 cm³/mol. The summed E-state index contributed by atoms with van der Waals surface area (Å²) in [5.41, 5.74) is 3.30. The number of fused-ring (bicyclic) bond motifs is 1. The fourth-order valence-electron chi connectivity index (χ4n) is 2.65. The molecule has 0 fully saturated rings. The van der Waals surface area contributed by atoms with Crippen LogP contribution in [0.25, 0.3) is 0 Å². The molecule has 1 N–H and O–H groups in total. The minimum Gasteiger partial charge on any atom is -0.384 e. The molecule has 0 saturated heterocycles. The molecular formula is C16H14N4O. The molecule has 1 aliphatic rings. The monoisotopic (exact) mass is 278 g/mol. The second kappa shape index (κ2) is 5.01. The zero-order chi connectivity index (χ0) is 14.1. The van der Waals surface area contributed by atoms with Gasteiger partial charge in [-0.05, 0) is 23.8 Å². The number of rotatable bonds is 3. The highest BCUT2D eigenvalue weighted by Gasteiger charge is 2.28. The predicted octanol–water partition coefficient (Wildman–Crippen LogP) is 2.61. The van der Waals surface area contributed by atoms with Crippen molar-refractivity contribution in [3.05, 3.63) is 71.6 Å². The third-order valence-electron chi connectivity index (χ3n) is 3.68. The standard InChI is InChI=1S/C16H14N4O/c1-2-7-14-12(6-1)13(10-18-14)16-19-15(20-21-16)9-11-5-3-4-8-17-11/h1-8,13,18H,9-10H2. The molecule has 1 atom stereocenters. The number of aromatic nitrogens is 3. The summed E-state index contributed by atoms with van der Waals surface area (Å²) in [4.78, 5) is 8.81. The molecule has 3 heterocycles. The minimum atomic E-state index is 0.131. The lowest BCUT2D eigenvalue weighted by Crippen LogP contribution is -2.04. The van der Waals surface area contributed by atoms with Crippen LogP contribution in [-0.2, 0) is 6.42 Å². The molecule has 5 nitrogen and oxygen atoms in total. The van der Waals surface area contributed by atoms with E-state index in [1.807, 2.05) is 30.3 Å². The van der Waals surface area contributed by atoms with Crippen LogP contribution in [0.4, 0.5) is 5.69 Å². The number of hydrogen-bond donors (Lipinski definition) is 1. The SMILES string of the molecule is c1ccc(Cc2noc(C3CNc4ccccc43)n2)nc1. The lowest BCUT2D eigenvalue weighted by molar-refractivity contribution is 0.366. The minimum absolute atomic E-state index is 0.131. The van der Waals surface area contributed by atoms with Crippen LogP contribution in [0.2, 0.25) is 0 Å². The van der Waals surface area contributed by atoms with E-state index in [1.54, 1.807) is 6.20 Å². The first-order chi connectivity index (χ1) is 10.4. The zero-order valence-electron chi connectivity index (χ0n) is 11.4. The Balaban J connectivity index is 1.58. The molecule has 1 unspecified atom stereocenters. The van der Waals surface area contributed by atoms with E-state index in [1.165, 1.54) is 5.56 Å². The Labute approximate surface area is 122 Å². The van der Waals surface area contributed by atoms with Crippen molar-refractivity contribution in [2.24, 2.45) is 0 Å². The van der Waals surface area contributed by atoms with Gasteiger partial charge in [-0.15, -0.1) is 0 Å². The number of nitrogens with zero attached hydrogens (tertiary/aromatic N) is 3. The number of hydrogen-bond acceptors (Lipinski definition) is 5. The first-order valence-corrected chi connectivity index (χ1v) is 6.95. The largest absolute Gasteiger partial charge is 0.384 e. The maximum atomic E-state index is 5.45. The van der Waals surface area contributed by atoms with Gasteiger partial charge in [0.15, 0.2) is 5.82 Å². The van der Waals surface area contributed by atoms with Crippen LogP contribution in [0.1, 0.15) is 28.9 Å². The Morgan fingerprint density at radius 3 is 2.95 bits per heavy atom. The van der Waals surface area contributed by atoms with Crippen LogP contribution in [-0.4, -0.2) is 21.7 Å². The number of anilines is 1. The van der Waals surface area contributed by atoms with Crippen molar-refractivity contribution in [3.8, 4) is 0 Å². The lowest BCUT2D eigenvalue weighted by Gasteiger charge is -2.03. The Kier molecular flexibility index (Phi) is 2.88. The molecule has 4 rings (SSSR count). The van der Waals surface area contributed by atoms with Gasteiger partial charge in [0.25, 0.3) is 0 Å². The van der Waals surface area contributed by atoms with Gasteiger partial charge in [-0.1, -0.05) is 29.4 Å². The molecule has 3 aromatic rings. The molecule has 2 aromatic heterocycles. The Bertz CT molecular complexity index is 754. The van der Waals surface area contributed by atoms with Crippen LogP contribution in [0.5, 0.6) is 0 Å². The average Bonchev–Trinajstić information content (AvgIpc) is 3.14. The molecule has 0 saturated carbocycles. The van der Waals surface area contributed by atoms with Gasteiger partial charge < -0.3 is 9.84 Å². The molecule has 0 bridgehead atoms. The number of nitrogens with one attached hydrogen (secondary N) is 1. The molecule has 0 radical (unpaired) electrons. The van der Waals surface area contributed by atoms with Gasteiger partial charge in [0, 0.05) is 24.1 Å². The van der Waals surface area contributed by atoms with Crippen molar-refractivity contribution < 1.29 is 4.52 Å². The summed E-state index contributed by atoms with van der Waals surface area (Å²) in [7, 11) is 0. The van der Waals surface area contributed by atoms with Crippen LogP contribution < -0.4 is 5.32 Å². The maximum absolute atomic E-state index is 5.45. The second-order valence-electron chi connectivity index (χ2n) is 5.07. The van der Waals surface area contributed by atoms with Crippen molar-refractivity contribution >= 4 is 5.69 Å². The van der Waals surface area contributed by atoms with Gasteiger partial charge >= 0.3 is 0 Å². The van der Waals surface area contributed by atoms with E-state index in [9.17, 15) is 0 Å². The van der Waals surface area contributed by atoms with Gasteiger partial charge in [-0.25, -0.2) is 0 Å². The quantitative estimate of drug-likeness (QED) is 0.798. The fraction of sp³-hybridized carbons (Fsp3) is 0.188. The smallest absolute Gasteiger partial charge is 0.236 e. The first kappa shape index (κ1) is 12.1. The fourth-order valence-corrected chi connectivity index (χ4v) is 2.65. The van der Waals surface area contributed by atoms with Gasteiger partial charge in [0.1, 0.15) is 0 Å². The summed E-state index contributed by atoms with van der Waals surface area (Å²) in [6.45, 7) is 0.796. The van der Waals surface area contributed by atoms with Crippen molar-refractivity contribution in [1.82, 2.24) is 15.1 Å². The highest BCUT2D eigenvalue weighted by Crippen LogP contribution is 2.34. The van der Waals surface area contributed by atoms with E-state index in [-0.39, 0.29) is 5.92 Å². The number of pyridine rings is 1. The van der Waals surface area contributed by atoms with E-state index in [0.29, 0.717) is 18.1 Å². The van der Waals surface area contributed by atoms with Gasteiger partial charge in [0.2, 0.25) is 5.89 Å². The van der Waals surface area contributed by atoms with E-state index in [4.69, 9.17) is 4.52 Å². The van der Waals surface area contributed by atoms with Crippen LogP contribution in [0, 0.1) is 0 Å². The van der Waals surface area contributed by atoms with Crippen molar-refractivity contribution in [2.75, 3.05) is 11.9 Å². The summed E-state index contributed by atoms with van der Waals surface area (Å²) in [6.07, 6.45) is 2.36. The van der Waals surface area contributed by atoms with Crippen LogP contribution >= 0.6 is 0 Å². The summed E-state index contributed by atoms with van der Waals surface area (Å²) in [5.74, 6) is 1.47. The highest BCUT2D eigenvalue weighted by molar-refractivity contribution is 5.59. The Morgan fingerprint density at radius 2 is 2.05 bits per heavy atom. The third-order valence-corrected chi connectivity index (χ3v) is 3.68. The Hall–Kier alpha value is -2.69. The molecule has 0 spiro atoms. The van der Waals surface area contributed by atoms with Crippen molar-refractivity contribution in [2.45, 2.75) is 12.3 Å². The molecule has 1 aromatic carbocycles. The third kappa shape index (κ3) is 2.27. The van der Waals surface area contributed by atoms with Crippen molar-refractivity contribution in [1.29, 1.82) is 0 Å². The molecule has 0 amide bonds. The first-order valence-electron chi connectivity index (χ1n) is 6.95. The van der Waals surface area contributed by atoms with Crippen molar-refractivity contribution in [3.63, 3.8) is 0 Å². The summed E-state index contributed by atoms with van der Waals surface area (Å²) in [6, 6.07) is 14.0. The molecule has 0 aliphatic carbocycles. The number of benzene rings is 1.